The van der Waals surface area contributed by atoms with E-state index in [1.807, 2.05) is 46.8 Å². The predicted octanol–water partition coefficient (Wildman–Crippen LogP) is 9.80. The zero-order valence-corrected chi connectivity index (χ0v) is 73.9. The van der Waals surface area contributed by atoms with E-state index in [1.54, 1.807) is 67.5 Å². The van der Waals surface area contributed by atoms with Gasteiger partial charge in [0, 0.05) is 33.9 Å². The first-order valence-corrected chi connectivity index (χ1v) is 38.8. The van der Waals surface area contributed by atoms with Gasteiger partial charge in [-0.05, 0) is 138 Å². The maximum Gasteiger partial charge on any atom is 0.407 e. The normalized spacial score (nSPS) is 12.1. The van der Waals surface area contributed by atoms with Gasteiger partial charge in [0.15, 0.2) is 0 Å². The smallest absolute Gasteiger partial charge is 0.407 e. The van der Waals surface area contributed by atoms with Crippen LogP contribution in [-0.4, -0.2) is 234 Å². The third kappa shape index (κ3) is 59.9. The average molecular weight is 1700 g/mol. The van der Waals surface area contributed by atoms with Crippen molar-refractivity contribution >= 4 is 83.8 Å². The molecule has 678 valence electrons. The van der Waals surface area contributed by atoms with Crippen LogP contribution in [-0.2, 0) is 124 Å². The summed E-state index contributed by atoms with van der Waals surface area (Å²) in [7, 11) is 0. The topological polar surface area (TPSA) is 473 Å². The van der Waals surface area contributed by atoms with Crippen molar-refractivity contribution in [3.8, 4) is 0 Å². The Labute approximate surface area is 701 Å². The van der Waals surface area contributed by atoms with Crippen molar-refractivity contribution < 1.29 is 154 Å². The molecule has 6 unspecified atom stereocenters. The summed E-state index contributed by atoms with van der Waals surface area (Å²) in [5.74, 6) is -6.03. The van der Waals surface area contributed by atoms with Gasteiger partial charge in [0.25, 0.3) is 0 Å². The van der Waals surface area contributed by atoms with E-state index >= 15 is 0 Å². The Kier molecular flexibility index (Phi) is 63.7. The minimum absolute atomic E-state index is 0.000325. The number of carbonyl (C=O) groups excluding carboxylic acids is 14. The fourth-order valence-corrected chi connectivity index (χ4v) is 6.48. The highest BCUT2D eigenvalue weighted by Gasteiger charge is 2.30. The number of rotatable bonds is 47. The van der Waals surface area contributed by atoms with Gasteiger partial charge in [0.05, 0.1) is 46.7 Å². The van der Waals surface area contributed by atoms with Crippen molar-refractivity contribution in [1.82, 2.24) is 10.6 Å². The largest absolute Gasteiger partial charge is 0.463 e. The molecule has 6 N–H and O–H groups in total. The minimum atomic E-state index is -1.07. The van der Waals surface area contributed by atoms with E-state index in [9.17, 15) is 87.5 Å². The second-order valence-electron chi connectivity index (χ2n) is 29.4. The molecular formula is C85H136N2O32. The second kappa shape index (κ2) is 64.6. The molecule has 1 aromatic rings. The first kappa shape index (κ1) is 117. The van der Waals surface area contributed by atoms with Gasteiger partial charge in [0.1, 0.15) is 117 Å². The molecule has 34 nitrogen and oxygen atoms in total. The van der Waals surface area contributed by atoms with Crippen LogP contribution >= 0.6 is 0 Å². The molecule has 0 aliphatic carbocycles. The third-order valence-corrected chi connectivity index (χ3v) is 16.6. The van der Waals surface area contributed by atoms with E-state index < -0.39 is 94.6 Å². The molecule has 119 heavy (non-hydrogen) atoms. The predicted molar refractivity (Wildman–Crippen MR) is 439 cm³/mol. The Bertz CT molecular complexity index is 3390. The zero-order chi connectivity index (χ0) is 93.0. The summed E-state index contributed by atoms with van der Waals surface area (Å²) in [6.07, 6.45) is -0.135. The number of alkyl carbamates (subject to hydrolysis) is 2. The third-order valence-electron chi connectivity index (χ3n) is 16.6. The number of amides is 2. The quantitative estimate of drug-likeness (QED) is 0.0153. The number of carbonyl (C=O) groups is 14. The van der Waals surface area contributed by atoms with Crippen molar-refractivity contribution in [3.05, 3.63) is 109 Å². The maximum absolute atomic E-state index is 12.0. The molecule has 0 bridgehead atoms. The molecule has 0 aromatic heterocycles. The van der Waals surface area contributed by atoms with E-state index in [2.05, 4.69) is 75.6 Å². The molecule has 1 aromatic carbocycles. The average Bonchev–Trinajstić information content (AvgIpc) is 0.840. The van der Waals surface area contributed by atoms with Crippen LogP contribution in [0.1, 0.15) is 200 Å². The standard InChI is InChI=1S/C19H26O5.C15H25NO6.C14H23NO6.C13H22O5.2C12H20O5/c1-6-19(4,5)15-9-7-14(8-10-15)18(22)24-12-16(20)11-23-17(21)13(2)3;1-6-15(4,5)13(18)21-9-10-22-14(19)16-7-8-20-12(17)11(2)3;1-5-11(4)13(17)20-8-9-21-14(18)15-6-7-19-12(16)10(2)3;1-6-13(4,5)12(16)18-8-10(14)7-17-11(15)9(2)3;1-5-9(4)12(15)17-7-10(13)6-16-11(14)8(2)3;1-5-10(14)16-7-9(13)8-17-11(15)12(3,4)6-2/h7-10,16,20H,2,6,11-12H2,1,3-5H3;2,6-10H2,1,3-5H3,(H,16,19);11H,2,5-9H2,1,3-4H3,(H,15,18);10,14H,2,6-8H2,1,3-5H3;9-10,13H,2,5-7H2,1,3-4H3;5,9,13H,1,6-8H2,2-4H3. The molecule has 0 spiro atoms. The van der Waals surface area contributed by atoms with Crippen LogP contribution < -0.4 is 10.6 Å². The molecule has 2 amide bonds. The molecular weight excluding hydrogens is 1560 g/mol. The molecule has 0 saturated carbocycles. The van der Waals surface area contributed by atoms with Crippen LogP contribution in [0.2, 0.25) is 0 Å². The van der Waals surface area contributed by atoms with Crippen LogP contribution in [0.25, 0.3) is 0 Å². The first-order valence-electron chi connectivity index (χ1n) is 38.8. The molecule has 6 atom stereocenters. The summed E-state index contributed by atoms with van der Waals surface area (Å²) in [6, 6.07) is 7.24. The summed E-state index contributed by atoms with van der Waals surface area (Å²) in [6.45, 7) is 56.4. The van der Waals surface area contributed by atoms with Gasteiger partial charge in [-0.25, -0.2) is 43.2 Å². The number of hydrogen-bond donors (Lipinski definition) is 6. The Hall–Kier alpha value is -10.3. The number of hydrogen-bond acceptors (Lipinski definition) is 32. The Morgan fingerprint density at radius 3 is 0.950 bits per heavy atom. The van der Waals surface area contributed by atoms with Gasteiger partial charge in [-0.3, -0.25) is 24.0 Å². The molecule has 0 saturated heterocycles. The molecule has 0 heterocycles. The Balaban J connectivity index is -0.000000439. The van der Waals surface area contributed by atoms with Crippen molar-refractivity contribution in [2.24, 2.45) is 28.1 Å². The van der Waals surface area contributed by atoms with Crippen molar-refractivity contribution in [2.75, 3.05) is 106 Å². The highest BCUT2D eigenvalue weighted by molar-refractivity contribution is 5.90. The van der Waals surface area contributed by atoms with Crippen LogP contribution in [0.15, 0.2) is 97.7 Å². The first-order chi connectivity index (χ1) is 55.2. The number of nitrogens with one attached hydrogen (secondary N) is 2. The van der Waals surface area contributed by atoms with Gasteiger partial charge in [-0.1, -0.05) is 121 Å². The lowest BCUT2D eigenvalue weighted by Crippen LogP contribution is -2.31. The van der Waals surface area contributed by atoms with Crippen molar-refractivity contribution in [3.63, 3.8) is 0 Å². The lowest BCUT2D eigenvalue weighted by atomic mass is 9.82. The lowest BCUT2D eigenvalue weighted by Gasteiger charge is -2.23. The van der Waals surface area contributed by atoms with E-state index in [-0.39, 0.29) is 169 Å². The monoisotopic (exact) mass is 1700 g/mol. The number of esters is 12. The molecule has 0 fully saturated rings. The lowest BCUT2D eigenvalue weighted by molar-refractivity contribution is -0.160. The van der Waals surface area contributed by atoms with Crippen LogP contribution in [0.3, 0.4) is 0 Å². The zero-order valence-electron chi connectivity index (χ0n) is 73.9. The van der Waals surface area contributed by atoms with Gasteiger partial charge < -0.3 is 97.4 Å². The highest BCUT2D eigenvalue weighted by atomic mass is 16.6. The number of aliphatic hydroxyl groups excluding tert-OH is 4. The van der Waals surface area contributed by atoms with E-state index in [0.29, 0.717) is 48.8 Å². The second-order valence-corrected chi connectivity index (χ2v) is 29.4. The van der Waals surface area contributed by atoms with Gasteiger partial charge in [-0.15, -0.1) is 0 Å². The van der Waals surface area contributed by atoms with Gasteiger partial charge in [-0.2, -0.15) is 0 Å². The molecule has 1 rings (SSSR count). The number of aliphatic hydroxyl groups is 4. The summed E-state index contributed by atoms with van der Waals surface area (Å²) in [4.78, 5) is 158. The fourth-order valence-electron chi connectivity index (χ4n) is 6.48. The summed E-state index contributed by atoms with van der Waals surface area (Å²) in [5.41, 5.74) is 1.26. The van der Waals surface area contributed by atoms with Crippen LogP contribution in [0.4, 0.5) is 9.59 Å². The minimum Gasteiger partial charge on any atom is -0.463 e. The van der Waals surface area contributed by atoms with Gasteiger partial charge >= 0.3 is 83.8 Å². The SMILES string of the molecule is C=C(C)C(=O)OCC(O)COC(=O)C(C)(C)CC.C=C(C)C(=O)OCC(O)COC(=O)C(C)CC.C=C(C)C(=O)OCC(O)COC(=O)c1ccc(C(C)(C)CC)cc1.C=C(C)C(=O)OCCNC(=O)OCCOC(=O)C(C)(C)CC.C=C(C)C(=O)OCCNC(=O)OCCOC(=O)C(C)CC.C=CC(=O)OCC(O)COC(=O)C(C)(C)CC. The van der Waals surface area contributed by atoms with Gasteiger partial charge in [0.2, 0.25) is 0 Å². The van der Waals surface area contributed by atoms with Crippen LogP contribution in [0, 0.1) is 28.1 Å². The van der Waals surface area contributed by atoms with E-state index in [1.165, 1.54) is 34.6 Å². The Morgan fingerprint density at radius 1 is 0.361 bits per heavy atom. The summed E-state index contributed by atoms with van der Waals surface area (Å²) >= 11 is 0. The summed E-state index contributed by atoms with van der Waals surface area (Å²) in [5, 5.41) is 42.7. The fraction of sp³-hybridized carbons (Fsp3) is 0.624. The highest BCUT2D eigenvalue weighted by Crippen LogP contribution is 2.27. The number of ether oxygens (including phenoxy) is 14. The number of benzene rings is 1. The molecule has 0 aliphatic heterocycles. The van der Waals surface area contributed by atoms with Crippen molar-refractivity contribution in [2.45, 2.75) is 214 Å². The molecule has 34 heteroatoms. The Morgan fingerprint density at radius 2 is 0.639 bits per heavy atom. The summed E-state index contributed by atoms with van der Waals surface area (Å²) < 4.78 is 67.6. The molecule has 0 radical (unpaired) electrons. The van der Waals surface area contributed by atoms with Crippen molar-refractivity contribution in [1.29, 1.82) is 0 Å². The van der Waals surface area contributed by atoms with E-state index in [0.717, 1.165) is 18.1 Å². The molecule has 0 aliphatic rings. The maximum atomic E-state index is 12.0. The van der Waals surface area contributed by atoms with Crippen LogP contribution in [0.5, 0.6) is 0 Å². The van der Waals surface area contributed by atoms with E-state index in [4.69, 9.17) is 61.6 Å².